The summed E-state index contributed by atoms with van der Waals surface area (Å²) in [6, 6.07) is 18.4. The number of hydrogen-bond donors (Lipinski definition) is 5. The second-order valence-corrected chi connectivity index (χ2v) is 14.1. The molecule has 4 aromatic rings. The number of nitrogens with one attached hydrogen (secondary N) is 3. The molecule has 0 aliphatic carbocycles. The Hall–Kier alpha value is -4.15. The lowest BCUT2D eigenvalue weighted by atomic mass is 9.87. The molecule has 0 unspecified atom stereocenters. The van der Waals surface area contributed by atoms with Gasteiger partial charge >= 0.3 is 5.69 Å². The van der Waals surface area contributed by atoms with Crippen molar-refractivity contribution in [3.63, 3.8) is 0 Å². The third-order valence-corrected chi connectivity index (χ3v) is 8.01. The van der Waals surface area contributed by atoms with Crippen molar-refractivity contribution in [1.29, 1.82) is 0 Å². The van der Waals surface area contributed by atoms with Gasteiger partial charge < -0.3 is 31.8 Å². The van der Waals surface area contributed by atoms with Gasteiger partial charge in [0.15, 0.2) is 5.96 Å². The van der Waals surface area contributed by atoms with Crippen LogP contribution in [-0.2, 0) is 17.4 Å². The summed E-state index contributed by atoms with van der Waals surface area (Å²) in [4.78, 5) is 23.9. The molecule has 1 fully saturated rings. The quantitative estimate of drug-likeness (QED) is 0.0968. The summed E-state index contributed by atoms with van der Waals surface area (Å²) < 4.78 is 7.46. The molecule has 1 aliphatic heterocycles. The molecule has 46 heavy (non-hydrogen) atoms. The number of hydrogen-bond acceptors (Lipinski definition) is 6. The number of ether oxygens (including phenoxy) is 1. The summed E-state index contributed by atoms with van der Waals surface area (Å²) in [7, 11) is 0. The van der Waals surface area contributed by atoms with Crippen LogP contribution in [0.25, 0.3) is 16.7 Å². The molecule has 0 bridgehead atoms. The summed E-state index contributed by atoms with van der Waals surface area (Å²) in [5.74, 6) is 1.80. The number of aromatic nitrogens is 3. The Kier molecular flexibility index (Phi) is 11.6. The molecule has 1 atom stereocenters. The van der Waals surface area contributed by atoms with Crippen LogP contribution in [0.5, 0.6) is 5.75 Å². The minimum atomic E-state index is -0.301. The Morgan fingerprint density at radius 3 is 2.48 bits per heavy atom. The highest BCUT2D eigenvalue weighted by molar-refractivity contribution is 5.76. The van der Waals surface area contributed by atoms with Crippen LogP contribution < -0.4 is 32.5 Å². The Bertz CT molecular complexity index is 1630. The second kappa shape index (κ2) is 15.4. The van der Waals surface area contributed by atoms with Crippen molar-refractivity contribution < 1.29 is 4.74 Å². The molecule has 5 rings (SSSR count). The summed E-state index contributed by atoms with van der Waals surface area (Å²) in [6.45, 7) is 18.3. The van der Waals surface area contributed by atoms with Gasteiger partial charge in [0, 0.05) is 48.2 Å². The number of fused-ring (bicyclic) bond motifs is 1. The molecular formula is C36H52N8O2. The summed E-state index contributed by atoms with van der Waals surface area (Å²) in [5, 5.41) is 7.63. The van der Waals surface area contributed by atoms with Crippen LogP contribution in [0.2, 0.25) is 0 Å². The van der Waals surface area contributed by atoms with Crippen LogP contribution >= 0.6 is 0 Å². The number of H-pyrrole nitrogens is 1. The topological polar surface area (TPSA) is 148 Å². The van der Waals surface area contributed by atoms with Gasteiger partial charge in [-0.15, -0.1) is 0 Å². The minimum absolute atomic E-state index is 0.0352. The third kappa shape index (κ3) is 10.2. The molecule has 1 saturated heterocycles. The van der Waals surface area contributed by atoms with Gasteiger partial charge in [0.05, 0.1) is 12.3 Å². The smallest absolute Gasteiger partial charge is 0.354 e. The fourth-order valence-electron chi connectivity index (χ4n) is 5.13. The number of guanidine groups is 1. The van der Waals surface area contributed by atoms with Crippen LogP contribution in [0.15, 0.2) is 70.6 Å². The number of nitrogens with zero attached hydrogens (tertiary/aromatic N) is 3. The van der Waals surface area contributed by atoms with Gasteiger partial charge in [0.1, 0.15) is 11.4 Å². The molecule has 1 aliphatic rings. The molecule has 248 valence electrons. The van der Waals surface area contributed by atoms with Crippen molar-refractivity contribution in [3.05, 3.63) is 88.1 Å². The molecule has 3 heterocycles. The minimum Gasteiger partial charge on any atom is -0.493 e. The lowest BCUT2D eigenvalue weighted by Crippen LogP contribution is -2.23. The molecule has 2 aromatic carbocycles. The van der Waals surface area contributed by atoms with Gasteiger partial charge in [0.25, 0.3) is 0 Å². The molecule has 0 saturated carbocycles. The van der Waals surface area contributed by atoms with E-state index >= 15 is 0 Å². The standard InChI is InChI=1S/C21H29N7O.C15H23NO/c1-21(2,3)17-11-15-13-28(20(29)27-18(15)26-17)16-7-5-14(6-8-16)12-24-9-4-10-25-19(22)23;1-15(2,3)13-5-4-6-14(9-13)17-11-12-7-8-16-10-12/h5-8,11,13,24H,4,9-10,12H2,1-3H3,(H4,22,23,25)(H,26,27,29);4-6,9,12,16H,7-8,10-11H2,1-3H3/t;12-/m.0/s1. The zero-order chi connectivity index (χ0) is 33.3. The molecule has 0 amide bonds. The van der Waals surface area contributed by atoms with Crippen molar-refractivity contribution in [2.75, 3.05) is 32.8 Å². The largest absolute Gasteiger partial charge is 0.493 e. The van der Waals surface area contributed by atoms with E-state index in [0.29, 0.717) is 18.1 Å². The number of aliphatic imine (C=N–C) groups is 1. The van der Waals surface area contributed by atoms with E-state index in [1.165, 1.54) is 12.0 Å². The Morgan fingerprint density at radius 1 is 1.07 bits per heavy atom. The SMILES string of the molecule is CC(C)(C)c1cc2cn(-c3ccc(CNCCCN=C(N)N)cc3)c(=O)nc2[nH]1.CC(C)(C)c1cccc(OC[C@H]2CCNC2)c1. The van der Waals surface area contributed by atoms with E-state index in [-0.39, 0.29) is 22.5 Å². The highest BCUT2D eigenvalue weighted by Crippen LogP contribution is 2.26. The third-order valence-electron chi connectivity index (χ3n) is 8.01. The van der Waals surface area contributed by atoms with Crippen LogP contribution in [0, 0.1) is 5.92 Å². The van der Waals surface area contributed by atoms with Crippen molar-refractivity contribution in [1.82, 2.24) is 25.2 Å². The number of aromatic amines is 1. The maximum absolute atomic E-state index is 12.5. The summed E-state index contributed by atoms with van der Waals surface area (Å²) in [5.41, 5.74) is 15.4. The fraction of sp³-hybridized carbons (Fsp3) is 0.472. The van der Waals surface area contributed by atoms with Crippen molar-refractivity contribution in [2.45, 2.75) is 71.8 Å². The lowest BCUT2D eigenvalue weighted by Gasteiger charge is -2.20. The van der Waals surface area contributed by atoms with E-state index in [9.17, 15) is 4.79 Å². The van der Waals surface area contributed by atoms with Crippen LogP contribution in [0.4, 0.5) is 0 Å². The van der Waals surface area contributed by atoms with E-state index in [1.807, 2.05) is 30.5 Å². The van der Waals surface area contributed by atoms with Crippen molar-refractivity contribution >= 4 is 17.0 Å². The molecule has 7 N–H and O–H groups in total. The average molecular weight is 629 g/mol. The maximum atomic E-state index is 12.5. The van der Waals surface area contributed by atoms with E-state index in [2.05, 4.69) is 97.5 Å². The normalized spacial score (nSPS) is 15.0. The summed E-state index contributed by atoms with van der Waals surface area (Å²) >= 11 is 0. The Balaban J connectivity index is 0.000000240. The number of rotatable bonds is 10. The highest BCUT2D eigenvalue weighted by Gasteiger charge is 2.18. The van der Waals surface area contributed by atoms with Gasteiger partial charge in [-0.1, -0.05) is 65.8 Å². The molecule has 0 spiro atoms. The van der Waals surface area contributed by atoms with E-state index < -0.39 is 0 Å². The Labute approximate surface area is 273 Å². The number of nitrogens with two attached hydrogens (primary N) is 2. The predicted molar refractivity (Wildman–Crippen MR) is 189 cm³/mol. The molecule has 10 heteroatoms. The van der Waals surface area contributed by atoms with Gasteiger partial charge in [-0.25, -0.2) is 4.79 Å². The van der Waals surface area contributed by atoms with Gasteiger partial charge in [0.2, 0.25) is 0 Å². The Morgan fingerprint density at radius 2 is 1.83 bits per heavy atom. The molecule has 10 nitrogen and oxygen atoms in total. The maximum Gasteiger partial charge on any atom is 0.354 e. The zero-order valence-corrected chi connectivity index (χ0v) is 28.3. The first-order chi connectivity index (χ1) is 21.8. The average Bonchev–Trinajstić information content (AvgIpc) is 3.68. The van der Waals surface area contributed by atoms with Gasteiger partial charge in [-0.2, -0.15) is 4.98 Å². The van der Waals surface area contributed by atoms with Gasteiger partial charge in [-0.05, 0) is 72.8 Å². The highest BCUT2D eigenvalue weighted by atomic mass is 16.5. The molecule has 0 radical (unpaired) electrons. The molecular weight excluding hydrogens is 576 g/mol. The lowest BCUT2D eigenvalue weighted by molar-refractivity contribution is 0.259. The molecule has 2 aromatic heterocycles. The first-order valence-electron chi connectivity index (χ1n) is 16.2. The zero-order valence-electron chi connectivity index (χ0n) is 28.3. The monoisotopic (exact) mass is 628 g/mol. The van der Waals surface area contributed by atoms with Crippen molar-refractivity contribution in [2.24, 2.45) is 22.4 Å². The van der Waals surface area contributed by atoms with E-state index in [1.54, 1.807) is 4.57 Å². The first-order valence-corrected chi connectivity index (χ1v) is 16.2. The summed E-state index contributed by atoms with van der Waals surface area (Å²) in [6.07, 6.45) is 3.94. The van der Waals surface area contributed by atoms with Crippen LogP contribution in [-0.4, -0.2) is 53.3 Å². The van der Waals surface area contributed by atoms with Crippen LogP contribution in [0.3, 0.4) is 0 Å². The van der Waals surface area contributed by atoms with Crippen LogP contribution in [0.1, 0.15) is 71.2 Å². The predicted octanol–water partition coefficient (Wildman–Crippen LogP) is 4.74. The fourth-order valence-corrected chi connectivity index (χ4v) is 5.13. The first kappa shape index (κ1) is 34.7. The second-order valence-electron chi connectivity index (χ2n) is 14.1. The van der Waals surface area contributed by atoms with Gasteiger partial charge in [-0.3, -0.25) is 9.56 Å². The number of benzene rings is 2. The van der Waals surface area contributed by atoms with E-state index in [0.717, 1.165) is 67.3 Å². The van der Waals surface area contributed by atoms with E-state index in [4.69, 9.17) is 16.2 Å². The van der Waals surface area contributed by atoms with Crippen molar-refractivity contribution in [3.8, 4) is 11.4 Å².